The lowest BCUT2D eigenvalue weighted by atomic mass is 10.0. The molecule has 0 aliphatic heterocycles. The summed E-state index contributed by atoms with van der Waals surface area (Å²) in [5, 5.41) is 2.36. The highest BCUT2D eigenvalue weighted by atomic mass is 16.1. The van der Waals surface area contributed by atoms with E-state index in [1.54, 1.807) is 0 Å². The first-order valence-electron chi connectivity index (χ1n) is 9.33. The monoisotopic (exact) mass is 310 g/mol. The van der Waals surface area contributed by atoms with Crippen LogP contribution in [0.2, 0.25) is 0 Å². The number of benzene rings is 2. The molecule has 0 aromatic heterocycles. The maximum Gasteiger partial charge on any atom is 0.162 e. The van der Waals surface area contributed by atoms with Crippen molar-refractivity contribution >= 4 is 16.6 Å². The molecule has 2 rings (SSSR count). The molecular weight excluding hydrogens is 280 g/mol. The summed E-state index contributed by atoms with van der Waals surface area (Å²) in [6, 6.07) is 14.3. The molecule has 0 N–H and O–H groups in total. The number of carbonyl (C=O) groups excluding carboxylic acids is 1. The predicted molar refractivity (Wildman–Crippen MR) is 100 cm³/mol. The van der Waals surface area contributed by atoms with E-state index in [9.17, 15) is 4.79 Å². The number of ketones is 1. The van der Waals surface area contributed by atoms with Gasteiger partial charge in [0.05, 0.1) is 0 Å². The number of Topliss-reactive ketones (excluding diaryl/α,β-unsaturated/α-hetero) is 1. The zero-order valence-corrected chi connectivity index (χ0v) is 14.5. The van der Waals surface area contributed by atoms with Gasteiger partial charge in [-0.2, -0.15) is 0 Å². The van der Waals surface area contributed by atoms with Crippen molar-refractivity contribution in [1.29, 1.82) is 0 Å². The Morgan fingerprint density at radius 2 is 1.35 bits per heavy atom. The molecule has 0 aliphatic carbocycles. The first-order valence-corrected chi connectivity index (χ1v) is 9.33. The smallest absolute Gasteiger partial charge is 0.162 e. The van der Waals surface area contributed by atoms with Gasteiger partial charge in [0.1, 0.15) is 0 Å². The van der Waals surface area contributed by atoms with E-state index < -0.39 is 0 Å². The van der Waals surface area contributed by atoms with Crippen LogP contribution in [0.25, 0.3) is 10.8 Å². The van der Waals surface area contributed by atoms with Crippen molar-refractivity contribution in [2.45, 2.75) is 71.1 Å². The Hall–Kier alpha value is -1.63. The van der Waals surface area contributed by atoms with Gasteiger partial charge in [0.2, 0.25) is 0 Å². The number of fused-ring (bicyclic) bond motifs is 1. The van der Waals surface area contributed by atoms with Gasteiger partial charge in [-0.1, -0.05) is 94.7 Å². The second-order valence-corrected chi connectivity index (χ2v) is 6.56. The summed E-state index contributed by atoms with van der Waals surface area (Å²) < 4.78 is 0. The fraction of sp³-hybridized carbons (Fsp3) is 0.500. The predicted octanol–water partition coefficient (Wildman–Crippen LogP) is 6.94. The van der Waals surface area contributed by atoms with Crippen LogP contribution in [-0.2, 0) is 0 Å². The van der Waals surface area contributed by atoms with Gasteiger partial charge in [0.25, 0.3) is 0 Å². The van der Waals surface area contributed by atoms with E-state index in [1.165, 1.54) is 56.8 Å². The molecule has 2 aromatic rings. The van der Waals surface area contributed by atoms with Crippen LogP contribution in [0, 0.1) is 0 Å². The Labute approximate surface area is 141 Å². The third-order valence-electron chi connectivity index (χ3n) is 4.58. The van der Waals surface area contributed by atoms with E-state index >= 15 is 0 Å². The second kappa shape index (κ2) is 10.2. The minimum atomic E-state index is 0.290. The summed E-state index contributed by atoms with van der Waals surface area (Å²) in [6.45, 7) is 2.26. The van der Waals surface area contributed by atoms with Gasteiger partial charge in [0, 0.05) is 12.0 Å². The van der Waals surface area contributed by atoms with Crippen molar-refractivity contribution in [2.24, 2.45) is 0 Å². The standard InChI is InChI=1S/C22H30O/c1-2-3-4-5-6-7-8-9-10-15-22(23)21-17-16-19-13-11-12-14-20(19)18-21/h11-14,16-18H,2-10,15H2,1H3. The van der Waals surface area contributed by atoms with Crippen LogP contribution < -0.4 is 0 Å². The Kier molecular flexibility index (Phi) is 7.86. The van der Waals surface area contributed by atoms with E-state index in [0.717, 1.165) is 17.4 Å². The minimum absolute atomic E-state index is 0.290. The maximum atomic E-state index is 12.3. The molecule has 0 bridgehead atoms. The Bertz CT molecular complexity index is 600. The first-order chi connectivity index (χ1) is 11.3. The molecule has 1 nitrogen and oxygen atoms in total. The van der Waals surface area contributed by atoms with Crippen LogP contribution in [0.1, 0.15) is 81.5 Å². The van der Waals surface area contributed by atoms with Gasteiger partial charge in [-0.3, -0.25) is 4.79 Å². The summed E-state index contributed by atoms with van der Waals surface area (Å²) >= 11 is 0. The lowest BCUT2D eigenvalue weighted by Gasteiger charge is -2.04. The molecule has 0 heterocycles. The minimum Gasteiger partial charge on any atom is -0.294 e. The molecule has 1 heteroatoms. The van der Waals surface area contributed by atoms with E-state index in [-0.39, 0.29) is 0 Å². The SMILES string of the molecule is CCCCCCCCCCCC(=O)c1ccc2ccccc2c1. The average Bonchev–Trinajstić information content (AvgIpc) is 2.59. The van der Waals surface area contributed by atoms with Crippen molar-refractivity contribution in [3.8, 4) is 0 Å². The molecule has 0 amide bonds. The highest BCUT2D eigenvalue weighted by Crippen LogP contribution is 2.18. The van der Waals surface area contributed by atoms with E-state index in [2.05, 4.69) is 25.1 Å². The zero-order chi connectivity index (χ0) is 16.3. The largest absolute Gasteiger partial charge is 0.294 e. The highest BCUT2D eigenvalue weighted by Gasteiger charge is 2.06. The van der Waals surface area contributed by atoms with E-state index in [4.69, 9.17) is 0 Å². The Morgan fingerprint density at radius 1 is 0.739 bits per heavy atom. The molecule has 0 atom stereocenters. The molecule has 0 saturated carbocycles. The van der Waals surface area contributed by atoms with Crippen LogP contribution in [0.5, 0.6) is 0 Å². The number of hydrogen-bond acceptors (Lipinski definition) is 1. The number of rotatable bonds is 11. The number of carbonyl (C=O) groups is 1. The molecule has 0 radical (unpaired) electrons. The summed E-state index contributed by atoms with van der Waals surface area (Å²) in [5.74, 6) is 0.290. The van der Waals surface area contributed by atoms with Crippen molar-refractivity contribution in [3.05, 3.63) is 48.0 Å². The van der Waals surface area contributed by atoms with E-state index in [1.807, 2.05) is 24.3 Å². The summed E-state index contributed by atoms with van der Waals surface area (Å²) in [5.41, 5.74) is 0.864. The Morgan fingerprint density at radius 3 is 2.04 bits per heavy atom. The highest BCUT2D eigenvalue weighted by molar-refractivity contribution is 5.99. The third-order valence-corrected chi connectivity index (χ3v) is 4.58. The van der Waals surface area contributed by atoms with Gasteiger partial charge >= 0.3 is 0 Å². The molecule has 124 valence electrons. The van der Waals surface area contributed by atoms with Crippen molar-refractivity contribution in [1.82, 2.24) is 0 Å². The molecule has 2 aromatic carbocycles. The number of unbranched alkanes of at least 4 members (excludes halogenated alkanes) is 8. The lowest BCUT2D eigenvalue weighted by Crippen LogP contribution is -1.98. The molecular formula is C22H30O. The van der Waals surface area contributed by atoms with Crippen LogP contribution in [-0.4, -0.2) is 5.78 Å². The van der Waals surface area contributed by atoms with Gasteiger partial charge in [0.15, 0.2) is 5.78 Å². The fourth-order valence-electron chi connectivity index (χ4n) is 3.10. The van der Waals surface area contributed by atoms with Crippen molar-refractivity contribution in [3.63, 3.8) is 0 Å². The van der Waals surface area contributed by atoms with Crippen LogP contribution >= 0.6 is 0 Å². The normalized spacial score (nSPS) is 11.0. The fourth-order valence-corrected chi connectivity index (χ4v) is 3.10. The second-order valence-electron chi connectivity index (χ2n) is 6.56. The summed E-state index contributed by atoms with van der Waals surface area (Å²) in [6.07, 6.45) is 12.3. The van der Waals surface area contributed by atoms with Crippen LogP contribution in [0.4, 0.5) is 0 Å². The van der Waals surface area contributed by atoms with Gasteiger partial charge in [-0.25, -0.2) is 0 Å². The first kappa shape index (κ1) is 17.7. The Balaban J connectivity index is 1.64. The molecule has 0 unspecified atom stereocenters. The topological polar surface area (TPSA) is 17.1 Å². The van der Waals surface area contributed by atoms with Crippen molar-refractivity contribution < 1.29 is 4.79 Å². The molecule has 0 saturated heterocycles. The lowest BCUT2D eigenvalue weighted by molar-refractivity contribution is 0.0979. The molecule has 0 aliphatic rings. The third kappa shape index (κ3) is 6.17. The molecule has 0 fully saturated rings. The van der Waals surface area contributed by atoms with Gasteiger partial charge in [-0.15, -0.1) is 0 Å². The van der Waals surface area contributed by atoms with Gasteiger partial charge < -0.3 is 0 Å². The summed E-state index contributed by atoms with van der Waals surface area (Å²) in [4.78, 5) is 12.3. The maximum absolute atomic E-state index is 12.3. The quantitative estimate of drug-likeness (QED) is 0.324. The van der Waals surface area contributed by atoms with Gasteiger partial charge in [-0.05, 0) is 23.3 Å². The average molecular weight is 310 g/mol. The number of hydrogen-bond donors (Lipinski definition) is 0. The summed E-state index contributed by atoms with van der Waals surface area (Å²) in [7, 11) is 0. The van der Waals surface area contributed by atoms with Crippen LogP contribution in [0.3, 0.4) is 0 Å². The zero-order valence-electron chi connectivity index (χ0n) is 14.5. The molecule has 23 heavy (non-hydrogen) atoms. The van der Waals surface area contributed by atoms with Crippen LogP contribution in [0.15, 0.2) is 42.5 Å². The van der Waals surface area contributed by atoms with Crippen molar-refractivity contribution in [2.75, 3.05) is 0 Å². The molecule has 0 spiro atoms. The van der Waals surface area contributed by atoms with E-state index in [0.29, 0.717) is 12.2 Å².